The number of piperidine rings is 1. The quantitative estimate of drug-likeness (QED) is 0.458. The molecule has 0 unspecified atom stereocenters. The van der Waals surface area contributed by atoms with Gasteiger partial charge < -0.3 is 9.80 Å². The van der Waals surface area contributed by atoms with E-state index in [0.29, 0.717) is 50.5 Å². The molecule has 9 nitrogen and oxygen atoms in total. The molecule has 0 spiro atoms. The number of nitro groups is 1. The van der Waals surface area contributed by atoms with E-state index in [1.165, 1.54) is 28.1 Å². The molecule has 2 heterocycles. The van der Waals surface area contributed by atoms with Gasteiger partial charge in [-0.1, -0.05) is 25.5 Å². The van der Waals surface area contributed by atoms with Gasteiger partial charge in [0, 0.05) is 50.9 Å². The molecule has 0 aliphatic carbocycles. The van der Waals surface area contributed by atoms with Crippen LogP contribution < -0.4 is 4.90 Å². The number of piperazine rings is 1. The second-order valence-electron chi connectivity index (χ2n) is 8.70. The lowest BCUT2D eigenvalue weighted by molar-refractivity contribution is -0.384. The molecule has 0 radical (unpaired) electrons. The fourth-order valence-electron chi connectivity index (χ4n) is 4.55. The average Bonchev–Trinajstić information content (AvgIpc) is 2.88. The zero-order chi connectivity index (χ0) is 24.3. The molecule has 0 aromatic heterocycles. The van der Waals surface area contributed by atoms with E-state index in [9.17, 15) is 23.3 Å². The highest BCUT2D eigenvalue weighted by atomic mass is 32.2. The summed E-state index contributed by atoms with van der Waals surface area (Å²) in [5.74, 6) is -0.0558. The molecule has 2 aromatic carbocycles. The van der Waals surface area contributed by atoms with Crippen LogP contribution in [-0.2, 0) is 16.4 Å². The van der Waals surface area contributed by atoms with E-state index in [1.54, 1.807) is 4.90 Å². The number of hydrogen-bond acceptors (Lipinski definition) is 6. The van der Waals surface area contributed by atoms with E-state index < -0.39 is 14.9 Å². The van der Waals surface area contributed by atoms with Crippen LogP contribution >= 0.6 is 0 Å². The fraction of sp³-hybridized carbons (Fsp3) is 0.458. The summed E-state index contributed by atoms with van der Waals surface area (Å²) < 4.78 is 27.4. The summed E-state index contributed by atoms with van der Waals surface area (Å²) in [7, 11) is -3.76. The third-order valence-corrected chi connectivity index (χ3v) is 8.51. The smallest absolute Gasteiger partial charge is 0.293 e. The summed E-state index contributed by atoms with van der Waals surface area (Å²) in [5.41, 5.74) is 1.94. The standard InChI is InChI=1S/C24H30N4O5S/c1-2-19-6-8-20(9-7-19)24(29)26-16-14-25(15-17-26)22-11-10-21(18-23(22)28(30)31)34(32,33)27-12-4-3-5-13-27/h6-11,18H,2-5,12-17H2,1H3. The van der Waals surface area contributed by atoms with Crippen molar-refractivity contribution in [2.45, 2.75) is 37.5 Å². The molecule has 182 valence electrons. The molecule has 2 aromatic rings. The molecule has 10 heteroatoms. The van der Waals surface area contributed by atoms with Crippen molar-refractivity contribution in [2.75, 3.05) is 44.2 Å². The Hall–Kier alpha value is -2.98. The molecule has 4 rings (SSSR count). The first-order chi connectivity index (χ1) is 16.3. The topological polar surface area (TPSA) is 104 Å². The van der Waals surface area contributed by atoms with Crippen LogP contribution in [0.1, 0.15) is 42.1 Å². The van der Waals surface area contributed by atoms with Crippen molar-refractivity contribution in [1.29, 1.82) is 0 Å². The predicted octanol–water partition coefficient (Wildman–Crippen LogP) is 3.29. The van der Waals surface area contributed by atoms with Crippen molar-refractivity contribution in [3.05, 3.63) is 63.7 Å². The predicted molar refractivity (Wildman–Crippen MR) is 130 cm³/mol. The van der Waals surface area contributed by atoms with E-state index in [1.807, 2.05) is 29.2 Å². The Labute approximate surface area is 200 Å². The number of carbonyl (C=O) groups is 1. The summed E-state index contributed by atoms with van der Waals surface area (Å²) >= 11 is 0. The fourth-order valence-corrected chi connectivity index (χ4v) is 6.09. The van der Waals surface area contributed by atoms with Crippen LogP contribution in [0.25, 0.3) is 0 Å². The van der Waals surface area contributed by atoms with Crippen molar-refractivity contribution in [3.63, 3.8) is 0 Å². The van der Waals surface area contributed by atoms with Crippen LogP contribution in [0.5, 0.6) is 0 Å². The number of rotatable bonds is 6. The minimum Gasteiger partial charge on any atom is -0.362 e. The SMILES string of the molecule is CCc1ccc(C(=O)N2CCN(c3ccc(S(=O)(=O)N4CCCCC4)cc3[N+](=O)[O-])CC2)cc1. The lowest BCUT2D eigenvalue weighted by Crippen LogP contribution is -2.49. The lowest BCUT2D eigenvalue weighted by Gasteiger charge is -2.36. The van der Waals surface area contributed by atoms with Gasteiger partial charge in [0.25, 0.3) is 11.6 Å². The molecule has 2 aliphatic rings. The summed E-state index contributed by atoms with van der Waals surface area (Å²) in [6, 6.07) is 11.7. The Morgan fingerprint density at radius 2 is 1.59 bits per heavy atom. The van der Waals surface area contributed by atoms with Crippen molar-refractivity contribution in [1.82, 2.24) is 9.21 Å². The van der Waals surface area contributed by atoms with Gasteiger partial charge in [-0.05, 0) is 49.1 Å². The molecule has 2 aliphatic heterocycles. The highest BCUT2D eigenvalue weighted by molar-refractivity contribution is 7.89. The van der Waals surface area contributed by atoms with Gasteiger partial charge >= 0.3 is 0 Å². The third-order valence-electron chi connectivity index (χ3n) is 6.61. The van der Waals surface area contributed by atoms with Gasteiger partial charge in [-0.2, -0.15) is 4.31 Å². The highest BCUT2D eigenvalue weighted by Gasteiger charge is 2.31. The van der Waals surface area contributed by atoms with Gasteiger partial charge in [0.1, 0.15) is 5.69 Å². The molecular weight excluding hydrogens is 456 g/mol. The number of aryl methyl sites for hydroxylation is 1. The molecule has 0 N–H and O–H groups in total. The zero-order valence-electron chi connectivity index (χ0n) is 19.4. The summed E-state index contributed by atoms with van der Waals surface area (Å²) in [4.78, 5) is 27.7. The van der Waals surface area contributed by atoms with E-state index in [2.05, 4.69) is 6.92 Å². The first-order valence-corrected chi connectivity index (χ1v) is 13.2. The molecule has 0 atom stereocenters. The Balaban J connectivity index is 1.49. The number of benzene rings is 2. The maximum absolute atomic E-state index is 13.0. The maximum Gasteiger partial charge on any atom is 0.293 e. The van der Waals surface area contributed by atoms with Crippen molar-refractivity contribution in [2.24, 2.45) is 0 Å². The normalized spacial score (nSPS) is 17.6. The van der Waals surface area contributed by atoms with Crippen molar-refractivity contribution >= 4 is 27.3 Å². The van der Waals surface area contributed by atoms with E-state index in [0.717, 1.165) is 25.7 Å². The molecule has 0 bridgehead atoms. The number of sulfonamides is 1. The van der Waals surface area contributed by atoms with Crippen LogP contribution in [0.15, 0.2) is 47.4 Å². The van der Waals surface area contributed by atoms with Crippen LogP contribution in [0.4, 0.5) is 11.4 Å². The Bertz CT molecular complexity index is 1150. The first kappa shape index (κ1) is 24.2. The van der Waals surface area contributed by atoms with Crippen LogP contribution in [0.2, 0.25) is 0 Å². The summed E-state index contributed by atoms with van der Waals surface area (Å²) in [6.07, 6.45) is 3.49. The van der Waals surface area contributed by atoms with Crippen molar-refractivity contribution < 1.29 is 18.1 Å². The Morgan fingerprint density at radius 1 is 0.941 bits per heavy atom. The van der Waals surface area contributed by atoms with Crippen molar-refractivity contribution in [3.8, 4) is 0 Å². The first-order valence-electron chi connectivity index (χ1n) is 11.7. The molecule has 1 amide bonds. The van der Waals surface area contributed by atoms with Gasteiger partial charge in [0.2, 0.25) is 10.0 Å². The number of carbonyl (C=O) groups excluding carboxylic acids is 1. The lowest BCUT2D eigenvalue weighted by atomic mass is 10.1. The van der Waals surface area contributed by atoms with Crippen LogP contribution in [-0.4, -0.2) is 67.7 Å². The monoisotopic (exact) mass is 486 g/mol. The van der Waals surface area contributed by atoms with Crippen LogP contribution in [0, 0.1) is 10.1 Å². The molecule has 2 fully saturated rings. The van der Waals surface area contributed by atoms with Gasteiger partial charge in [-0.3, -0.25) is 14.9 Å². The van der Waals surface area contributed by atoms with E-state index in [-0.39, 0.29) is 16.5 Å². The van der Waals surface area contributed by atoms with E-state index in [4.69, 9.17) is 0 Å². The number of nitro benzene ring substituents is 1. The molecule has 0 saturated carbocycles. The van der Waals surface area contributed by atoms with Crippen LogP contribution in [0.3, 0.4) is 0 Å². The third kappa shape index (κ3) is 4.92. The van der Waals surface area contributed by atoms with Gasteiger partial charge in [0.05, 0.1) is 9.82 Å². The minimum atomic E-state index is -3.76. The zero-order valence-corrected chi connectivity index (χ0v) is 20.2. The molecule has 2 saturated heterocycles. The maximum atomic E-state index is 13.0. The second-order valence-corrected chi connectivity index (χ2v) is 10.6. The number of amides is 1. The number of nitrogens with zero attached hydrogens (tertiary/aromatic N) is 4. The van der Waals surface area contributed by atoms with Gasteiger partial charge in [0.15, 0.2) is 0 Å². The number of hydrogen-bond donors (Lipinski definition) is 0. The minimum absolute atomic E-state index is 0.0470. The number of anilines is 1. The molecular formula is C24H30N4O5S. The molecule has 34 heavy (non-hydrogen) atoms. The summed E-state index contributed by atoms with van der Waals surface area (Å²) in [6.45, 7) is 4.66. The van der Waals surface area contributed by atoms with Gasteiger partial charge in [-0.25, -0.2) is 8.42 Å². The largest absolute Gasteiger partial charge is 0.362 e. The van der Waals surface area contributed by atoms with Gasteiger partial charge in [-0.15, -0.1) is 0 Å². The Morgan fingerprint density at radius 3 is 2.18 bits per heavy atom. The Kier molecular flexibility index (Phi) is 7.18. The average molecular weight is 487 g/mol. The van der Waals surface area contributed by atoms with E-state index >= 15 is 0 Å². The highest BCUT2D eigenvalue weighted by Crippen LogP contribution is 2.33. The second kappa shape index (κ2) is 10.1. The summed E-state index contributed by atoms with van der Waals surface area (Å²) in [5, 5.41) is 11.8.